The Morgan fingerprint density at radius 2 is 2.03 bits per heavy atom. The Morgan fingerprint density at radius 1 is 1.17 bits per heavy atom. The first-order valence-electron chi connectivity index (χ1n) is 10.3. The van der Waals surface area contributed by atoms with Gasteiger partial charge in [-0.15, -0.1) is 24.0 Å². The van der Waals surface area contributed by atoms with Crippen molar-refractivity contribution in [2.45, 2.75) is 32.0 Å². The standard InChI is InChI=1S/C22H30N4O2.HI/c1-2-23-22(24-11-10-19-9-6-13-27-19)26-16-20-21(17-26)28-14-12-25(20)15-18-7-4-3-5-8-18;/h3-9,13,20-21H,2,10-12,14-17H2,1H3,(H,23,24);1H. The zero-order valence-electron chi connectivity index (χ0n) is 17.0. The van der Waals surface area contributed by atoms with Crippen molar-refractivity contribution in [2.75, 3.05) is 39.3 Å². The number of fused-ring (bicyclic) bond motifs is 1. The van der Waals surface area contributed by atoms with E-state index in [1.54, 1.807) is 6.26 Å². The van der Waals surface area contributed by atoms with Gasteiger partial charge >= 0.3 is 0 Å². The molecule has 0 spiro atoms. The number of nitrogens with one attached hydrogen (secondary N) is 1. The van der Waals surface area contributed by atoms with Crippen LogP contribution in [0.4, 0.5) is 0 Å². The zero-order valence-corrected chi connectivity index (χ0v) is 19.3. The fourth-order valence-electron chi connectivity index (χ4n) is 4.10. The molecule has 29 heavy (non-hydrogen) atoms. The molecule has 158 valence electrons. The van der Waals surface area contributed by atoms with Crippen LogP contribution in [-0.4, -0.2) is 67.2 Å². The average Bonchev–Trinajstić information content (AvgIpc) is 3.38. The molecule has 2 aliphatic rings. The lowest BCUT2D eigenvalue weighted by molar-refractivity contribution is -0.0502. The molecule has 0 aliphatic carbocycles. The Morgan fingerprint density at radius 3 is 2.79 bits per heavy atom. The Hall–Kier alpha value is -1.58. The van der Waals surface area contributed by atoms with Gasteiger partial charge in [0.05, 0.1) is 25.0 Å². The van der Waals surface area contributed by atoms with Crippen LogP contribution in [0.3, 0.4) is 0 Å². The van der Waals surface area contributed by atoms with Crippen LogP contribution in [0.25, 0.3) is 0 Å². The van der Waals surface area contributed by atoms with Gasteiger partial charge in [-0.3, -0.25) is 9.89 Å². The molecule has 7 heteroatoms. The van der Waals surface area contributed by atoms with Gasteiger partial charge in [0.15, 0.2) is 5.96 Å². The van der Waals surface area contributed by atoms with Crippen molar-refractivity contribution in [1.29, 1.82) is 0 Å². The van der Waals surface area contributed by atoms with Gasteiger partial charge in [-0.2, -0.15) is 0 Å². The summed E-state index contributed by atoms with van der Waals surface area (Å²) >= 11 is 0. The third-order valence-corrected chi connectivity index (χ3v) is 5.48. The number of hydrogen-bond acceptors (Lipinski definition) is 4. The third-order valence-electron chi connectivity index (χ3n) is 5.48. The molecule has 1 aromatic carbocycles. The van der Waals surface area contributed by atoms with E-state index in [9.17, 15) is 0 Å². The SMILES string of the molecule is CCNC(=NCCc1ccco1)N1CC2OCCN(Cc3ccccc3)C2C1.I. The first-order chi connectivity index (χ1) is 13.8. The second-order valence-electron chi connectivity index (χ2n) is 7.40. The van der Waals surface area contributed by atoms with Crippen LogP contribution in [0.5, 0.6) is 0 Å². The minimum Gasteiger partial charge on any atom is -0.469 e. The van der Waals surface area contributed by atoms with Gasteiger partial charge in [0, 0.05) is 45.7 Å². The third kappa shape index (κ3) is 5.73. The molecule has 2 aromatic rings. The van der Waals surface area contributed by atoms with Gasteiger partial charge in [0.1, 0.15) is 5.76 Å². The second-order valence-corrected chi connectivity index (χ2v) is 7.40. The number of aliphatic imine (C=N–C) groups is 1. The maximum atomic E-state index is 6.11. The zero-order chi connectivity index (χ0) is 19.2. The number of morpholine rings is 1. The predicted octanol–water partition coefficient (Wildman–Crippen LogP) is 2.99. The molecule has 0 saturated carbocycles. The van der Waals surface area contributed by atoms with Crippen molar-refractivity contribution >= 4 is 29.9 Å². The lowest BCUT2D eigenvalue weighted by Gasteiger charge is -2.36. The highest BCUT2D eigenvalue weighted by atomic mass is 127. The first-order valence-corrected chi connectivity index (χ1v) is 10.3. The van der Waals surface area contributed by atoms with E-state index >= 15 is 0 Å². The molecule has 0 radical (unpaired) electrons. The van der Waals surface area contributed by atoms with Gasteiger partial charge in [-0.1, -0.05) is 30.3 Å². The molecule has 4 rings (SSSR count). The summed E-state index contributed by atoms with van der Waals surface area (Å²) in [7, 11) is 0. The summed E-state index contributed by atoms with van der Waals surface area (Å²) in [5.74, 6) is 1.96. The summed E-state index contributed by atoms with van der Waals surface area (Å²) in [5, 5.41) is 3.45. The van der Waals surface area contributed by atoms with Crippen LogP contribution in [-0.2, 0) is 17.7 Å². The number of guanidine groups is 1. The van der Waals surface area contributed by atoms with Crippen molar-refractivity contribution in [3.63, 3.8) is 0 Å². The molecule has 6 nitrogen and oxygen atoms in total. The highest BCUT2D eigenvalue weighted by Crippen LogP contribution is 2.24. The molecule has 2 aliphatic heterocycles. The van der Waals surface area contributed by atoms with Gasteiger partial charge in [-0.25, -0.2) is 0 Å². The number of likely N-dealkylation sites (tertiary alicyclic amines) is 1. The van der Waals surface area contributed by atoms with E-state index in [0.29, 0.717) is 6.04 Å². The van der Waals surface area contributed by atoms with Crippen LogP contribution in [0, 0.1) is 0 Å². The molecule has 2 unspecified atom stereocenters. The molecule has 1 N–H and O–H groups in total. The summed E-state index contributed by atoms with van der Waals surface area (Å²) in [6.07, 6.45) is 2.78. The molecule has 2 atom stereocenters. The number of ether oxygens (including phenoxy) is 1. The molecule has 2 fully saturated rings. The van der Waals surface area contributed by atoms with Crippen molar-refractivity contribution in [2.24, 2.45) is 4.99 Å². The van der Waals surface area contributed by atoms with Gasteiger partial charge in [0.2, 0.25) is 0 Å². The van der Waals surface area contributed by atoms with Crippen molar-refractivity contribution in [1.82, 2.24) is 15.1 Å². The number of benzene rings is 1. The maximum absolute atomic E-state index is 6.11. The molecule has 0 amide bonds. The van der Waals surface area contributed by atoms with Gasteiger partial charge in [-0.05, 0) is 24.6 Å². The number of nitrogens with zero attached hydrogens (tertiary/aromatic N) is 3. The minimum absolute atomic E-state index is 0. The normalized spacial score (nSPS) is 22.2. The molecule has 1 aromatic heterocycles. The predicted molar refractivity (Wildman–Crippen MR) is 126 cm³/mol. The van der Waals surface area contributed by atoms with E-state index in [2.05, 4.69) is 52.4 Å². The van der Waals surface area contributed by atoms with Crippen LogP contribution < -0.4 is 5.32 Å². The Labute approximate surface area is 190 Å². The fourth-order valence-corrected chi connectivity index (χ4v) is 4.10. The summed E-state index contributed by atoms with van der Waals surface area (Å²) in [5.41, 5.74) is 1.36. The summed E-state index contributed by atoms with van der Waals surface area (Å²) in [4.78, 5) is 9.75. The summed E-state index contributed by atoms with van der Waals surface area (Å²) < 4.78 is 11.5. The molecule has 0 bridgehead atoms. The maximum Gasteiger partial charge on any atom is 0.194 e. The van der Waals surface area contributed by atoms with Crippen molar-refractivity contribution < 1.29 is 9.15 Å². The van der Waals surface area contributed by atoms with E-state index in [0.717, 1.165) is 64.0 Å². The van der Waals surface area contributed by atoms with Gasteiger partial charge in [0.25, 0.3) is 0 Å². The Kier molecular flexibility index (Phi) is 8.38. The van der Waals surface area contributed by atoms with Crippen LogP contribution >= 0.6 is 24.0 Å². The number of rotatable bonds is 6. The van der Waals surface area contributed by atoms with Gasteiger partial charge < -0.3 is 19.4 Å². The van der Waals surface area contributed by atoms with Crippen LogP contribution in [0.1, 0.15) is 18.2 Å². The molecular formula is C22H31IN4O2. The Bertz CT molecular complexity index is 753. The summed E-state index contributed by atoms with van der Waals surface area (Å²) in [6, 6.07) is 15.0. The number of furan rings is 1. The monoisotopic (exact) mass is 510 g/mol. The lowest BCUT2D eigenvalue weighted by atomic mass is 10.1. The van der Waals surface area contributed by atoms with Crippen molar-refractivity contribution in [3.8, 4) is 0 Å². The average molecular weight is 510 g/mol. The van der Waals surface area contributed by atoms with E-state index in [1.165, 1.54) is 5.56 Å². The highest BCUT2D eigenvalue weighted by Gasteiger charge is 2.41. The largest absolute Gasteiger partial charge is 0.469 e. The molecule has 2 saturated heterocycles. The number of halogens is 1. The first kappa shape index (κ1) is 22.1. The minimum atomic E-state index is 0. The van der Waals surface area contributed by atoms with Crippen LogP contribution in [0.2, 0.25) is 0 Å². The van der Waals surface area contributed by atoms with E-state index in [4.69, 9.17) is 14.1 Å². The molecule has 3 heterocycles. The smallest absolute Gasteiger partial charge is 0.194 e. The fraction of sp³-hybridized carbons (Fsp3) is 0.500. The quantitative estimate of drug-likeness (QED) is 0.368. The Balaban J connectivity index is 0.00000240. The van der Waals surface area contributed by atoms with E-state index < -0.39 is 0 Å². The summed E-state index contributed by atoms with van der Waals surface area (Å²) in [6.45, 7) is 8.29. The second kappa shape index (κ2) is 11.0. The van der Waals surface area contributed by atoms with Crippen LogP contribution in [0.15, 0.2) is 58.1 Å². The lowest BCUT2D eigenvalue weighted by Crippen LogP contribution is -2.50. The molecular weight excluding hydrogens is 479 g/mol. The van der Waals surface area contributed by atoms with E-state index in [-0.39, 0.29) is 30.1 Å². The number of hydrogen-bond donors (Lipinski definition) is 1. The van der Waals surface area contributed by atoms with Crippen molar-refractivity contribution in [3.05, 3.63) is 60.1 Å². The van der Waals surface area contributed by atoms with E-state index in [1.807, 2.05) is 12.1 Å². The topological polar surface area (TPSA) is 53.2 Å². The highest BCUT2D eigenvalue weighted by molar-refractivity contribution is 14.0.